The molecule has 0 radical (unpaired) electrons. The van der Waals surface area contributed by atoms with Gasteiger partial charge in [-0.1, -0.05) is 44.4 Å². The number of ether oxygens (including phenoxy) is 1. The van der Waals surface area contributed by atoms with Crippen LogP contribution in [-0.4, -0.2) is 7.11 Å². The fourth-order valence-electron chi connectivity index (χ4n) is 2.05. The van der Waals surface area contributed by atoms with E-state index in [0.29, 0.717) is 0 Å². The number of nitrogens with two attached hydrogens (primary N) is 1. The van der Waals surface area contributed by atoms with Gasteiger partial charge in [0, 0.05) is 11.6 Å². The maximum Gasteiger partial charge on any atom is 0.123 e. The maximum atomic E-state index is 6.25. The summed E-state index contributed by atoms with van der Waals surface area (Å²) in [6.45, 7) is 6.58. The third-order valence-corrected chi connectivity index (χ3v) is 3.08. The monoisotopic (exact) mass is 235 g/mol. The second kappa shape index (κ2) is 6.65. The van der Waals surface area contributed by atoms with Crippen LogP contribution in [0, 0.1) is 12.8 Å². The van der Waals surface area contributed by atoms with Gasteiger partial charge in [-0.3, -0.25) is 0 Å². The molecule has 0 spiro atoms. The van der Waals surface area contributed by atoms with Gasteiger partial charge in [-0.05, 0) is 25.3 Å². The smallest absolute Gasteiger partial charge is 0.123 e. The lowest BCUT2D eigenvalue weighted by atomic mass is 9.97. The molecule has 1 atom stereocenters. The summed E-state index contributed by atoms with van der Waals surface area (Å²) >= 11 is 0. The zero-order valence-electron chi connectivity index (χ0n) is 11.5. The Bertz CT molecular complexity index is 347. The standard InChI is InChI=1S/C15H25NO/c1-11(2)6-5-7-14(16)13-10-12(3)8-9-15(13)17-4/h8-11,14H,5-7,16H2,1-4H3. The molecule has 1 unspecified atom stereocenters. The molecule has 0 bridgehead atoms. The van der Waals surface area contributed by atoms with Gasteiger partial charge in [-0.15, -0.1) is 0 Å². The number of aryl methyl sites for hydroxylation is 1. The van der Waals surface area contributed by atoms with Crippen molar-refractivity contribution in [3.63, 3.8) is 0 Å². The molecular formula is C15H25NO. The van der Waals surface area contributed by atoms with Crippen LogP contribution in [-0.2, 0) is 0 Å². The molecule has 0 heterocycles. The minimum Gasteiger partial charge on any atom is -0.496 e. The highest BCUT2D eigenvalue weighted by Gasteiger charge is 2.12. The van der Waals surface area contributed by atoms with Gasteiger partial charge in [-0.2, -0.15) is 0 Å². The Morgan fingerprint density at radius 1 is 1.24 bits per heavy atom. The van der Waals surface area contributed by atoms with Crippen LogP contribution < -0.4 is 10.5 Å². The van der Waals surface area contributed by atoms with Gasteiger partial charge in [0.1, 0.15) is 5.75 Å². The quantitative estimate of drug-likeness (QED) is 0.813. The van der Waals surface area contributed by atoms with Crippen LogP contribution in [0.5, 0.6) is 5.75 Å². The van der Waals surface area contributed by atoms with Gasteiger partial charge in [0.15, 0.2) is 0 Å². The van der Waals surface area contributed by atoms with Crippen molar-refractivity contribution in [3.05, 3.63) is 29.3 Å². The molecule has 0 saturated heterocycles. The van der Waals surface area contributed by atoms with Crippen molar-refractivity contribution in [2.45, 2.75) is 46.1 Å². The summed E-state index contributed by atoms with van der Waals surface area (Å²) in [6.07, 6.45) is 3.44. The van der Waals surface area contributed by atoms with E-state index in [1.165, 1.54) is 18.4 Å². The molecule has 1 aromatic carbocycles. The molecule has 1 rings (SSSR count). The van der Waals surface area contributed by atoms with Crippen molar-refractivity contribution in [1.29, 1.82) is 0 Å². The largest absolute Gasteiger partial charge is 0.496 e. The van der Waals surface area contributed by atoms with Crippen LogP contribution in [0.3, 0.4) is 0 Å². The number of rotatable bonds is 6. The second-order valence-corrected chi connectivity index (χ2v) is 5.18. The van der Waals surface area contributed by atoms with E-state index in [-0.39, 0.29) is 6.04 Å². The molecule has 17 heavy (non-hydrogen) atoms. The van der Waals surface area contributed by atoms with Crippen molar-refractivity contribution in [3.8, 4) is 5.75 Å². The van der Waals surface area contributed by atoms with Crippen LogP contribution in [0.15, 0.2) is 18.2 Å². The molecule has 96 valence electrons. The number of benzene rings is 1. The highest BCUT2D eigenvalue weighted by atomic mass is 16.5. The Balaban J connectivity index is 2.66. The number of hydrogen-bond acceptors (Lipinski definition) is 2. The first-order chi connectivity index (χ1) is 8.04. The van der Waals surface area contributed by atoms with Gasteiger partial charge in [0.2, 0.25) is 0 Å². The molecule has 0 aliphatic heterocycles. The SMILES string of the molecule is COc1ccc(C)cc1C(N)CCCC(C)C. The first-order valence-electron chi connectivity index (χ1n) is 6.44. The molecule has 2 nitrogen and oxygen atoms in total. The molecule has 0 aliphatic carbocycles. The molecule has 0 amide bonds. The van der Waals surface area contributed by atoms with E-state index in [9.17, 15) is 0 Å². The predicted molar refractivity (Wildman–Crippen MR) is 73.3 cm³/mol. The molecule has 0 aromatic heterocycles. The average molecular weight is 235 g/mol. The molecular weight excluding hydrogens is 210 g/mol. The zero-order valence-corrected chi connectivity index (χ0v) is 11.5. The zero-order chi connectivity index (χ0) is 12.8. The summed E-state index contributed by atoms with van der Waals surface area (Å²) in [6, 6.07) is 6.29. The summed E-state index contributed by atoms with van der Waals surface area (Å²) in [7, 11) is 1.70. The first kappa shape index (κ1) is 14.0. The van der Waals surface area contributed by atoms with Crippen LogP contribution in [0.2, 0.25) is 0 Å². The van der Waals surface area contributed by atoms with E-state index in [4.69, 9.17) is 10.5 Å². The Morgan fingerprint density at radius 2 is 1.94 bits per heavy atom. The predicted octanol–water partition coefficient (Wildman–Crippen LogP) is 3.83. The lowest BCUT2D eigenvalue weighted by Crippen LogP contribution is -2.12. The van der Waals surface area contributed by atoms with E-state index >= 15 is 0 Å². The van der Waals surface area contributed by atoms with E-state index in [2.05, 4.69) is 32.9 Å². The van der Waals surface area contributed by atoms with Crippen LogP contribution in [0.4, 0.5) is 0 Å². The summed E-state index contributed by atoms with van der Waals surface area (Å²) in [4.78, 5) is 0. The second-order valence-electron chi connectivity index (χ2n) is 5.18. The minimum absolute atomic E-state index is 0.0867. The lowest BCUT2D eigenvalue weighted by Gasteiger charge is -2.17. The Labute approximate surface area is 105 Å². The van der Waals surface area contributed by atoms with Gasteiger partial charge in [-0.25, -0.2) is 0 Å². The van der Waals surface area contributed by atoms with Crippen molar-refractivity contribution < 1.29 is 4.74 Å². The highest BCUT2D eigenvalue weighted by Crippen LogP contribution is 2.28. The Morgan fingerprint density at radius 3 is 2.53 bits per heavy atom. The molecule has 1 aromatic rings. The third kappa shape index (κ3) is 4.39. The minimum atomic E-state index is 0.0867. The van der Waals surface area contributed by atoms with Crippen molar-refractivity contribution >= 4 is 0 Å². The fourth-order valence-corrected chi connectivity index (χ4v) is 2.05. The molecule has 2 heteroatoms. The summed E-state index contributed by atoms with van der Waals surface area (Å²) in [5.41, 5.74) is 8.62. The number of methoxy groups -OCH3 is 1. The Hall–Kier alpha value is -1.02. The van der Waals surface area contributed by atoms with Gasteiger partial charge < -0.3 is 10.5 Å². The summed E-state index contributed by atoms with van der Waals surface area (Å²) < 4.78 is 5.37. The normalized spacial score (nSPS) is 12.8. The van der Waals surface area contributed by atoms with Crippen LogP contribution in [0.1, 0.15) is 50.3 Å². The summed E-state index contributed by atoms with van der Waals surface area (Å²) in [5, 5.41) is 0. The average Bonchev–Trinajstić information content (AvgIpc) is 2.28. The van der Waals surface area contributed by atoms with E-state index in [1.54, 1.807) is 7.11 Å². The highest BCUT2D eigenvalue weighted by molar-refractivity contribution is 5.38. The molecule has 0 fully saturated rings. The number of hydrogen-bond donors (Lipinski definition) is 1. The van der Waals surface area contributed by atoms with Crippen LogP contribution in [0.25, 0.3) is 0 Å². The first-order valence-corrected chi connectivity index (χ1v) is 6.44. The molecule has 0 saturated carbocycles. The van der Waals surface area contributed by atoms with Crippen molar-refractivity contribution in [1.82, 2.24) is 0 Å². The van der Waals surface area contributed by atoms with Gasteiger partial charge in [0.05, 0.1) is 7.11 Å². The third-order valence-electron chi connectivity index (χ3n) is 3.08. The van der Waals surface area contributed by atoms with E-state index in [0.717, 1.165) is 23.7 Å². The summed E-state index contributed by atoms with van der Waals surface area (Å²) in [5.74, 6) is 1.66. The van der Waals surface area contributed by atoms with E-state index in [1.807, 2.05) is 6.07 Å². The van der Waals surface area contributed by atoms with Gasteiger partial charge in [0.25, 0.3) is 0 Å². The van der Waals surface area contributed by atoms with Crippen LogP contribution >= 0.6 is 0 Å². The van der Waals surface area contributed by atoms with Gasteiger partial charge >= 0.3 is 0 Å². The van der Waals surface area contributed by atoms with E-state index < -0.39 is 0 Å². The Kier molecular flexibility index (Phi) is 5.49. The topological polar surface area (TPSA) is 35.2 Å². The fraction of sp³-hybridized carbons (Fsp3) is 0.600. The van der Waals surface area contributed by atoms with Crippen molar-refractivity contribution in [2.24, 2.45) is 11.7 Å². The lowest BCUT2D eigenvalue weighted by molar-refractivity contribution is 0.402. The molecule has 0 aliphatic rings. The van der Waals surface area contributed by atoms with Crippen molar-refractivity contribution in [2.75, 3.05) is 7.11 Å². The molecule has 2 N–H and O–H groups in total. The maximum absolute atomic E-state index is 6.25.